The molecule has 0 aliphatic carbocycles. The number of rotatable bonds is 7. The predicted molar refractivity (Wildman–Crippen MR) is 118 cm³/mol. The monoisotopic (exact) mass is 482 g/mol. The third-order valence-electron chi connectivity index (χ3n) is 4.46. The minimum Gasteiger partial charge on any atom is -0.493 e. The molecule has 4 rings (SSSR count). The van der Waals surface area contributed by atoms with Gasteiger partial charge in [0.2, 0.25) is 11.7 Å². The second kappa shape index (κ2) is 9.13. The summed E-state index contributed by atoms with van der Waals surface area (Å²) in [6, 6.07) is 16.2. The van der Waals surface area contributed by atoms with Crippen LogP contribution in [0.1, 0.15) is 12.8 Å². The molecule has 0 aliphatic heterocycles. The lowest BCUT2D eigenvalue weighted by Gasteiger charge is -2.09. The maximum absolute atomic E-state index is 12.3. The lowest BCUT2D eigenvalue weighted by atomic mass is 10.1. The van der Waals surface area contributed by atoms with Crippen LogP contribution in [-0.2, 0) is 6.54 Å². The molecule has 8 nitrogen and oxygen atoms in total. The molecule has 2 aromatic heterocycles. The Morgan fingerprint density at radius 2 is 1.94 bits per heavy atom. The number of benzene rings is 2. The fourth-order valence-electron chi connectivity index (χ4n) is 3.01. The molecule has 0 N–H and O–H groups in total. The molecule has 31 heavy (non-hydrogen) atoms. The zero-order valence-corrected chi connectivity index (χ0v) is 18.5. The Balaban J connectivity index is 1.60. The van der Waals surface area contributed by atoms with Crippen molar-refractivity contribution in [2.24, 2.45) is 0 Å². The largest absolute Gasteiger partial charge is 0.493 e. The van der Waals surface area contributed by atoms with Gasteiger partial charge in [-0.25, -0.2) is 4.68 Å². The van der Waals surface area contributed by atoms with Crippen LogP contribution in [0, 0.1) is 0 Å². The molecule has 0 unspecified atom stereocenters. The summed E-state index contributed by atoms with van der Waals surface area (Å²) in [5.41, 5.74) is 1.99. The van der Waals surface area contributed by atoms with Crippen molar-refractivity contribution in [1.82, 2.24) is 19.9 Å². The van der Waals surface area contributed by atoms with Gasteiger partial charge in [0.25, 0.3) is 5.56 Å². The first kappa shape index (κ1) is 20.8. The highest BCUT2D eigenvalue weighted by molar-refractivity contribution is 9.10. The number of hydrogen-bond donors (Lipinski definition) is 0. The number of halogens is 1. The standard InChI is InChI=1S/C22H19BrN4O4/c1-3-30-18-9-7-15(12-19(18)29-2)22-24-20(31-26-22)13-27-21(28)10-8-17(25-27)14-5-4-6-16(23)11-14/h4-12H,3,13H2,1-2H3. The van der Waals surface area contributed by atoms with E-state index in [0.29, 0.717) is 35.2 Å². The van der Waals surface area contributed by atoms with Crippen LogP contribution in [0.3, 0.4) is 0 Å². The van der Waals surface area contributed by atoms with Crippen LogP contribution in [-0.4, -0.2) is 33.6 Å². The number of methoxy groups -OCH3 is 1. The molecular formula is C22H19BrN4O4. The smallest absolute Gasteiger partial charge is 0.267 e. The van der Waals surface area contributed by atoms with Gasteiger partial charge in [-0.15, -0.1) is 0 Å². The zero-order valence-electron chi connectivity index (χ0n) is 16.9. The Bertz CT molecular complexity index is 1270. The number of nitrogens with zero attached hydrogens (tertiary/aromatic N) is 4. The van der Waals surface area contributed by atoms with Crippen molar-refractivity contribution >= 4 is 15.9 Å². The molecule has 0 bridgehead atoms. The summed E-state index contributed by atoms with van der Waals surface area (Å²) < 4.78 is 18.5. The van der Waals surface area contributed by atoms with Crippen LogP contribution >= 0.6 is 15.9 Å². The molecule has 2 heterocycles. The molecule has 4 aromatic rings. The number of hydrogen-bond acceptors (Lipinski definition) is 7. The van der Waals surface area contributed by atoms with Gasteiger partial charge in [0.1, 0.15) is 6.54 Å². The topological polar surface area (TPSA) is 92.3 Å². The van der Waals surface area contributed by atoms with E-state index in [4.69, 9.17) is 14.0 Å². The quantitative estimate of drug-likeness (QED) is 0.390. The Morgan fingerprint density at radius 1 is 1.06 bits per heavy atom. The van der Waals surface area contributed by atoms with Crippen LogP contribution < -0.4 is 15.0 Å². The van der Waals surface area contributed by atoms with Crippen molar-refractivity contribution in [1.29, 1.82) is 0 Å². The first-order chi connectivity index (χ1) is 15.1. The van der Waals surface area contributed by atoms with Crippen LogP contribution in [0.5, 0.6) is 11.5 Å². The lowest BCUT2D eigenvalue weighted by molar-refractivity contribution is 0.311. The van der Waals surface area contributed by atoms with E-state index in [2.05, 4.69) is 31.2 Å². The highest BCUT2D eigenvalue weighted by Crippen LogP contribution is 2.31. The molecule has 0 saturated carbocycles. The summed E-state index contributed by atoms with van der Waals surface area (Å²) in [6.07, 6.45) is 0. The highest BCUT2D eigenvalue weighted by atomic mass is 79.9. The zero-order chi connectivity index (χ0) is 21.8. The maximum atomic E-state index is 12.3. The van der Waals surface area contributed by atoms with Crippen molar-refractivity contribution in [3.63, 3.8) is 0 Å². The minimum atomic E-state index is -0.263. The summed E-state index contributed by atoms with van der Waals surface area (Å²) in [7, 11) is 1.57. The third-order valence-corrected chi connectivity index (χ3v) is 4.96. The van der Waals surface area contributed by atoms with E-state index >= 15 is 0 Å². The molecule has 2 aromatic carbocycles. The van der Waals surface area contributed by atoms with E-state index in [1.165, 1.54) is 10.7 Å². The Kier molecular flexibility index (Phi) is 6.13. The van der Waals surface area contributed by atoms with Gasteiger partial charge in [0.05, 0.1) is 19.4 Å². The van der Waals surface area contributed by atoms with Gasteiger partial charge >= 0.3 is 0 Å². The van der Waals surface area contributed by atoms with Crippen molar-refractivity contribution in [3.8, 4) is 34.1 Å². The molecule has 0 spiro atoms. The van der Waals surface area contributed by atoms with Crippen molar-refractivity contribution in [2.45, 2.75) is 13.5 Å². The Labute approximate surface area is 186 Å². The summed E-state index contributed by atoms with van der Waals surface area (Å²) in [6.45, 7) is 2.49. The SMILES string of the molecule is CCOc1ccc(-c2noc(Cn3nc(-c4cccc(Br)c4)ccc3=O)n2)cc1OC. The summed E-state index contributed by atoms with van der Waals surface area (Å²) in [4.78, 5) is 16.7. The average Bonchev–Trinajstić information content (AvgIpc) is 3.24. The van der Waals surface area contributed by atoms with Crippen LogP contribution in [0.2, 0.25) is 0 Å². The van der Waals surface area contributed by atoms with E-state index in [9.17, 15) is 4.79 Å². The average molecular weight is 483 g/mol. The fourth-order valence-corrected chi connectivity index (χ4v) is 3.41. The van der Waals surface area contributed by atoms with Gasteiger partial charge in [-0.2, -0.15) is 10.1 Å². The highest BCUT2D eigenvalue weighted by Gasteiger charge is 2.14. The number of ether oxygens (including phenoxy) is 2. The van der Waals surface area contributed by atoms with Gasteiger partial charge in [0, 0.05) is 21.7 Å². The minimum absolute atomic E-state index is 0.0574. The van der Waals surface area contributed by atoms with Gasteiger partial charge in [-0.05, 0) is 43.3 Å². The fraction of sp³-hybridized carbons (Fsp3) is 0.182. The molecule has 0 fully saturated rings. The van der Waals surface area contributed by atoms with E-state index in [1.807, 2.05) is 37.3 Å². The first-order valence-electron chi connectivity index (χ1n) is 9.55. The molecular weight excluding hydrogens is 464 g/mol. The van der Waals surface area contributed by atoms with Crippen molar-refractivity contribution < 1.29 is 14.0 Å². The molecule has 0 atom stereocenters. The van der Waals surface area contributed by atoms with E-state index in [0.717, 1.165) is 10.0 Å². The van der Waals surface area contributed by atoms with Crippen LogP contribution in [0.15, 0.2) is 68.4 Å². The van der Waals surface area contributed by atoms with Gasteiger partial charge in [0.15, 0.2) is 11.5 Å². The van der Waals surface area contributed by atoms with Gasteiger partial charge in [-0.1, -0.05) is 33.2 Å². The number of aromatic nitrogens is 4. The molecule has 0 saturated heterocycles. The van der Waals surface area contributed by atoms with Gasteiger partial charge < -0.3 is 14.0 Å². The van der Waals surface area contributed by atoms with Crippen molar-refractivity contribution in [2.75, 3.05) is 13.7 Å². The molecule has 0 aliphatic rings. The lowest BCUT2D eigenvalue weighted by Crippen LogP contribution is -2.23. The maximum Gasteiger partial charge on any atom is 0.267 e. The van der Waals surface area contributed by atoms with Crippen LogP contribution in [0.4, 0.5) is 0 Å². The van der Waals surface area contributed by atoms with Crippen LogP contribution in [0.25, 0.3) is 22.6 Å². The summed E-state index contributed by atoms with van der Waals surface area (Å²) in [5.74, 6) is 1.86. The third kappa shape index (κ3) is 4.66. The molecule has 9 heteroatoms. The summed E-state index contributed by atoms with van der Waals surface area (Å²) in [5, 5.41) is 8.46. The van der Waals surface area contributed by atoms with Gasteiger partial charge in [-0.3, -0.25) is 4.79 Å². The molecule has 0 radical (unpaired) electrons. The normalized spacial score (nSPS) is 10.8. The first-order valence-corrected chi connectivity index (χ1v) is 10.3. The molecule has 0 amide bonds. The van der Waals surface area contributed by atoms with Crippen molar-refractivity contribution in [3.05, 3.63) is 75.3 Å². The predicted octanol–water partition coefficient (Wildman–Crippen LogP) is 4.18. The molecule has 158 valence electrons. The second-order valence-electron chi connectivity index (χ2n) is 6.54. The second-order valence-corrected chi connectivity index (χ2v) is 7.45. The Hall–Kier alpha value is -3.46. The summed E-state index contributed by atoms with van der Waals surface area (Å²) >= 11 is 3.45. The van der Waals surface area contributed by atoms with E-state index in [-0.39, 0.29) is 18.0 Å². The van der Waals surface area contributed by atoms with E-state index in [1.54, 1.807) is 25.3 Å². The Morgan fingerprint density at radius 3 is 2.71 bits per heavy atom. The van der Waals surface area contributed by atoms with E-state index < -0.39 is 0 Å².